The standard InChI is InChI=1S/C15H11Cl2NOS/c1-9(16)15(19)18-11-4-2-3-5-13(11)20-14-7-6-10(17)8-12(14)18/h2-9H,1H3/t9-/m0/s1. The van der Waals surface area contributed by atoms with E-state index in [1.165, 1.54) is 0 Å². The lowest BCUT2D eigenvalue weighted by atomic mass is 10.2. The number of para-hydroxylation sites is 1. The molecule has 2 aromatic carbocycles. The van der Waals surface area contributed by atoms with Gasteiger partial charge in [0.15, 0.2) is 0 Å². The van der Waals surface area contributed by atoms with E-state index < -0.39 is 5.38 Å². The lowest BCUT2D eigenvalue weighted by Gasteiger charge is -2.31. The first-order chi connectivity index (χ1) is 9.58. The van der Waals surface area contributed by atoms with Crippen LogP contribution in [0, 0.1) is 0 Å². The summed E-state index contributed by atoms with van der Waals surface area (Å²) >= 11 is 13.7. The monoisotopic (exact) mass is 323 g/mol. The predicted octanol–water partition coefficient (Wildman–Crippen LogP) is 5.10. The Morgan fingerprint density at radius 2 is 1.85 bits per heavy atom. The van der Waals surface area contributed by atoms with Crippen molar-refractivity contribution in [2.45, 2.75) is 22.1 Å². The van der Waals surface area contributed by atoms with Gasteiger partial charge in [0.05, 0.1) is 11.4 Å². The number of alkyl halides is 1. The summed E-state index contributed by atoms with van der Waals surface area (Å²) in [6, 6.07) is 13.3. The second-order valence-corrected chi connectivity index (χ2v) is 6.65. The highest BCUT2D eigenvalue weighted by atomic mass is 35.5. The Balaban J connectivity index is 2.21. The average Bonchev–Trinajstić information content (AvgIpc) is 2.44. The third-order valence-electron chi connectivity index (χ3n) is 3.05. The van der Waals surface area contributed by atoms with E-state index in [1.54, 1.807) is 29.7 Å². The van der Waals surface area contributed by atoms with Crippen molar-refractivity contribution < 1.29 is 4.79 Å². The van der Waals surface area contributed by atoms with Crippen LogP contribution < -0.4 is 4.90 Å². The minimum absolute atomic E-state index is 0.150. The molecule has 102 valence electrons. The number of carbonyl (C=O) groups is 1. The zero-order chi connectivity index (χ0) is 14.3. The second kappa shape index (κ2) is 5.32. The number of hydrogen-bond acceptors (Lipinski definition) is 2. The van der Waals surface area contributed by atoms with Gasteiger partial charge < -0.3 is 0 Å². The van der Waals surface area contributed by atoms with Crippen LogP contribution in [-0.2, 0) is 4.79 Å². The number of carbonyl (C=O) groups excluding carboxylic acids is 1. The molecule has 2 aromatic rings. The molecule has 0 bridgehead atoms. The second-order valence-electron chi connectivity index (χ2n) is 4.47. The molecule has 0 radical (unpaired) electrons. The van der Waals surface area contributed by atoms with Gasteiger partial charge in [-0.05, 0) is 37.3 Å². The van der Waals surface area contributed by atoms with Gasteiger partial charge in [-0.2, -0.15) is 0 Å². The van der Waals surface area contributed by atoms with Gasteiger partial charge in [0.1, 0.15) is 5.38 Å². The summed E-state index contributed by atoms with van der Waals surface area (Å²) in [6.07, 6.45) is 0. The summed E-state index contributed by atoms with van der Waals surface area (Å²) in [5.74, 6) is -0.150. The minimum atomic E-state index is -0.599. The third kappa shape index (κ3) is 2.30. The normalized spacial score (nSPS) is 14.4. The molecule has 0 saturated carbocycles. The molecule has 0 spiro atoms. The highest BCUT2D eigenvalue weighted by Crippen LogP contribution is 2.49. The Labute approximate surface area is 131 Å². The van der Waals surface area contributed by atoms with Gasteiger partial charge in [0.2, 0.25) is 5.91 Å². The van der Waals surface area contributed by atoms with Crippen LogP contribution in [0.1, 0.15) is 6.92 Å². The number of nitrogens with zero attached hydrogens (tertiary/aromatic N) is 1. The molecule has 1 heterocycles. The molecule has 0 aliphatic carbocycles. The molecule has 2 nitrogen and oxygen atoms in total. The Bertz CT molecular complexity index is 687. The van der Waals surface area contributed by atoms with Crippen molar-refractivity contribution in [3.8, 4) is 0 Å². The van der Waals surface area contributed by atoms with E-state index in [1.807, 2.05) is 36.4 Å². The van der Waals surface area contributed by atoms with Crippen LogP contribution in [0.3, 0.4) is 0 Å². The first kappa shape index (κ1) is 13.8. The van der Waals surface area contributed by atoms with Crippen LogP contribution >= 0.6 is 35.0 Å². The quantitative estimate of drug-likeness (QED) is 0.681. The van der Waals surface area contributed by atoms with Crippen molar-refractivity contribution in [2.75, 3.05) is 4.90 Å². The van der Waals surface area contributed by atoms with E-state index >= 15 is 0 Å². The molecule has 1 aliphatic rings. The zero-order valence-corrected chi connectivity index (χ0v) is 13.0. The number of amides is 1. The van der Waals surface area contributed by atoms with Crippen molar-refractivity contribution in [3.63, 3.8) is 0 Å². The largest absolute Gasteiger partial charge is 0.277 e. The SMILES string of the molecule is C[C@H](Cl)C(=O)N1c2ccccc2Sc2ccc(Cl)cc21. The Morgan fingerprint density at radius 3 is 2.60 bits per heavy atom. The number of fused-ring (bicyclic) bond motifs is 2. The van der Waals surface area contributed by atoms with Crippen molar-refractivity contribution in [2.24, 2.45) is 0 Å². The maximum absolute atomic E-state index is 12.5. The van der Waals surface area contributed by atoms with E-state index in [9.17, 15) is 4.79 Å². The smallest absolute Gasteiger partial charge is 0.249 e. The maximum Gasteiger partial charge on any atom is 0.249 e. The van der Waals surface area contributed by atoms with Crippen LogP contribution in [0.2, 0.25) is 5.02 Å². The van der Waals surface area contributed by atoms with E-state index in [0.717, 1.165) is 21.2 Å². The fourth-order valence-electron chi connectivity index (χ4n) is 2.14. The maximum atomic E-state index is 12.5. The predicted molar refractivity (Wildman–Crippen MR) is 84.5 cm³/mol. The number of hydrogen-bond donors (Lipinski definition) is 0. The average molecular weight is 324 g/mol. The molecule has 20 heavy (non-hydrogen) atoms. The van der Waals surface area contributed by atoms with Crippen LogP contribution in [0.4, 0.5) is 11.4 Å². The van der Waals surface area contributed by atoms with Crippen LogP contribution in [-0.4, -0.2) is 11.3 Å². The molecule has 0 fully saturated rings. The molecule has 0 saturated heterocycles. The number of anilines is 2. The molecule has 3 rings (SSSR count). The Kier molecular flexibility index (Phi) is 3.67. The van der Waals surface area contributed by atoms with Crippen molar-refractivity contribution in [3.05, 3.63) is 47.5 Å². The van der Waals surface area contributed by atoms with Crippen molar-refractivity contribution in [1.82, 2.24) is 0 Å². The van der Waals surface area contributed by atoms with Crippen LogP contribution in [0.15, 0.2) is 52.3 Å². The van der Waals surface area contributed by atoms with Gasteiger partial charge in [0, 0.05) is 14.8 Å². The van der Waals surface area contributed by atoms with E-state index in [4.69, 9.17) is 23.2 Å². The molecule has 1 atom stereocenters. The van der Waals surface area contributed by atoms with Gasteiger partial charge in [0.25, 0.3) is 0 Å². The molecular weight excluding hydrogens is 313 g/mol. The molecule has 5 heteroatoms. The first-order valence-corrected chi connectivity index (χ1v) is 7.75. The third-order valence-corrected chi connectivity index (χ3v) is 4.60. The fraction of sp³-hybridized carbons (Fsp3) is 0.133. The Morgan fingerprint density at radius 1 is 1.15 bits per heavy atom. The van der Waals surface area contributed by atoms with E-state index in [2.05, 4.69) is 0 Å². The molecule has 0 aromatic heterocycles. The topological polar surface area (TPSA) is 20.3 Å². The highest BCUT2D eigenvalue weighted by molar-refractivity contribution is 7.99. The minimum Gasteiger partial charge on any atom is -0.277 e. The summed E-state index contributed by atoms with van der Waals surface area (Å²) in [5, 5.41) is 0.00162. The van der Waals surface area contributed by atoms with Gasteiger partial charge >= 0.3 is 0 Å². The Hall–Kier alpha value is -1.16. The first-order valence-electron chi connectivity index (χ1n) is 6.12. The zero-order valence-electron chi connectivity index (χ0n) is 10.6. The van der Waals surface area contributed by atoms with E-state index in [0.29, 0.717) is 5.02 Å². The number of halogens is 2. The summed E-state index contributed by atoms with van der Waals surface area (Å²) in [4.78, 5) is 16.2. The molecule has 1 amide bonds. The molecule has 0 N–H and O–H groups in total. The summed E-state index contributed by atoms with van der Waals surface area (Å²) in [6.45, 7) is 1.68. The summed E-state index contributed by atoms with van der Waals surface area (Å²) < 4.78 is 0. The highest BCUT2D eigenvalue weighted by Gasteiger charge is 2.30. The lowest BCUT2D eigenvalue weighted by Crippen LogP contribution is -2.33. The fourth-order valence-corrected chi connectivity index (χ4v) is 3.45. The molecule has 1 aliphatic heterocycles. The van der Waals surface area contributed by atoms with Crippen molar-refractivity contribution >= 4 is 52.2 Å². The summed E-state index contributed by atoms with van der Waals surface area (Å²) in [7, 11) is 0. The number of benzene rings is 2. The van der Waals surface area contributed by atoms with Crippen molar-refractivity contribution in [1.29, 1.82) is 0 Å². The van der Waals surface area contributed by atoms with Gasteiger partial charge in [-0.1, -0.05) is 35.5 Å². The van der Waals surface area contributed by atoms with Crippen LogP contribution in [0.25, 0.3) is 0 Å². The van der Waals surface area contributed by atoms with Gasteiger partial charge in [-0.3, -0.25) is 9.69 Å². The van der Waals surface area contributed by atoms with Gasteiger partial charge in [-0.15, -0.1) is 11.6 Å². The molecule has 0 unspecified atom stereocenters. The van der Waals surface area contributed by atoms with Gasteiger partial charge in [-0.25, -0.2) is 0 Å². The number of rotatable bonds is 1. The van der Waals surface area contributed by atoms with Crippen LogP contribution in [0.5, 0.6) is 0 Å². The lowest BCUT2D eigenvalue weighted by molar-refractivity contribution is -0.117. The molecular formula is C15H11Cl2NOS. The summed E-state index contributed by atoms with van der Waals surface area (Å²) in [5.41, 5.74) is 1.64. The van der Waals surface area contributed by atoms with E-state index in [-0.39, 0.29) is 5.91 Å².